The van der Waals surface area contributed by atoms with E-state index in [9.17, 15) is 15.2 Å². The van der Waals surface area contributed by atoms with E-state index >= 15 is 0 Å². The van der Waals surface area contributed by atoms with Crippen molar-refractivity contribution in [2.45, 2.75) is 6.92 Å². The number of hydrogen-bond donors (Lipinski definition) is 2. The van der Waals surface area contributed by atoms with Crippen LogP contribution in [0, 0.1) is 16.0 Å². The number of hydrogen-bond acceptors (Lipinski definition) is 5. The lowest BCUT2D eigenvalue weighted by atomic mass is 9.90. The number of benzene rings is 2. The molecule has 0 radical (unpaired) electrons. The minimum absolute atomic E-state index is 0.0338. The molecule has 3 aromatic rings. The molecule has 6 heteroatoms. The highest BCUT2D eigenvalue weighted by Gasteiger charge is 2.22. The highest BCUT2D eigenvalue weighted by molar-refractivity contribution is 7.71. The number of phenolic OH excluding ortho intramolecular Hbond substituents is 1. The summed E-state index contributed by atoms with van der Waals surface area (Å²) in [5.41, 5.74) is 2.87. The zero-order valence-corrected chi connectivity index (χ0v) is 15.6. The summed E-state index contributed by atoms with van der Waals surface area (Å²) in [4.78, 5) is 15.6. The molecule has 0 unspecified atom stereocenters. The number of ether oxygens (including phenoxy) is 1. The molecule has 27 heavy (non-hydrogen) atoms. The van der Waals surface area contributed by atoms with Crippen LogP contribution in [-0.2, 0) is 0 Å². The number of phenols is 1. The van der Waals surface area contributed by atoms with E-state index in [1.54, 1.807) is 12.1 Å². The number of aromatic hydroxyl groups is 1. The van der Waals surface area contributed by atoms with Crippen molar-refractivity contribution in [3.05, 3.63) is 64.3 Å². The Balaban J connectivity index is 2.46. The van der Waals surface area contributed by atoms with Gasteiger partial charge in [0.15, 0.2) is 17.3 Å². The van der Waals surface area contributed by atoms with Gasteiger partial charge in [-0.15, -0.1) is 0 Å². The van der Waals surface area contributed by atoms with E-state index < -0.39 is 0 Å². The Labute approximate surface area is 161 Å². The molecule has 0 bridgehead atoms. The van der Waals surface area contributed by atoms with E-state index in [0.717, 1.165) is 5.56 Å². The van der Waals surface area contributed by atoms with Gasteiger partial charge in [0.1, 0.15) is 10.7 Å². The number of pyridine rings is 1. The highest BCUT2D eigenvalue weighted by atomic mass is 32.1. The van der Waals surface area contributed by atoms with Crippen LogP contribution < -0.4 is 4.74 Å². The summed E-state index contributed by atoms with van der Waals surface area (Å²) in [5.74, 6) is -0.00180. The van der Waals surface area contributed by atoms with E-state index in [1.165, 1.54) is 20.1 Å². The zero-order chi connectivity index (χ0) is 19.6. The fourth-order valence-electron chi connectivity index (χ4n) is 3.00. The first kappa shape index (κ1) is 18.4. The second kappa shape index (κ2) is 7.44. The monoisotopic (exact) mass is 376 g/mol. The first-order valence-corrected chi connectivity index (χ1v) is 8.52. The van der Waals surface area contributed by atoms with Gasteiger partial charge >= 0.3 is 0 Å². The minimum atomic E-state index is -0.210. The Morgan fingerprint density at radius 1 is 1.19 bits per heavy atom. The van der Waals surface area contributed by atoms with Crippen molar-refractivity contribution in [3.63, 3.8) is 0 Å². The number of methoxy groups -OCH3 is 1. The average Bonchev–Trinajstić information content (AvgIpc) is 2.68. The topological polar surface area (TPSA) is 86.1 Å². The maximum absolute atomic E-state index is 12.6. The third-order valence-corrected chi connectivity index (χ3v) is 4.52. The summed E-state index contributed by atoms with van der Waals surface area (Å²) in [6.07, 6.45) is 0. The average molecular weight is 376 g/mol. The lowest BCUT2D eigenvalue weighted by Crippen LogP contribution is -2.06. The smallest absolute Gasteiger partial charge is 0.162 e. The number of nitrogens with zero attached hydrogens (tertiary/aromatic N) is 1. The van der Waals surface area contributed by atoms with Gasteiger partial charge in [-0.3, -0.25) is 4.79 Å². The molecule has 134 valence electrons. The van der Waals surface area contributed by atoms with Crippen LogP contribution in [0.2, 0.25) is 0 Å². The van der Waals surface area contributed by atoms with Gasteiger partial charge in [-0.25, -0.2) is 0 Å². The van der Waals surface area contributed by atoms with Crippen LogP contribution in [0.5, 0.6) is 11.5 Å². The molecule has 5 nitrogen and oxygen atoms in total. The second-order valence-electron chi connectivity index (χ2n) is 5.87. The fourth-order valence-corrected chi connectivity index (χ4v) is 3.25. The van der Waals surface area contributed by atoms with Crippen LogP contribution >= 0.6 is 12.2 Å². The molecule has 0 spiro atoms. The van der Waals surface area contributed by atoms with E-state index in [4.69, 9.17) is 17.0 Å². The normalized spacial score (nSPS) is 10.3. The van der Waals surface area contributed by atoms with E-state index in [2.05, 4.69) is 11.1 Å². The number of Topliss-reactive ketones (excluding diaryl/α,β-unsaturated/α-hetero) is 1. The maximum Gasteiger partial charge on any atom is 0.162 e. The Morgan fingerprint density at radius 3 is 2.48 bits per heavy atom. The highest BCUT2D eigenvalue weighted by Crippen LogP contribution is 2.38. The number of aromatic amines is 1. The standard InChI is InChI=1S/C21H16N2O3S/c1-12(24)18-19(14-8-9-16(25)17(10-14)26-2)15(11-22)21(27)23-20(18)13-6-4-3-5-7-13/h3-10,25H,1-2H3,(H,23,27). The van der Waals surface area contributed by atoms with Gasteiger partial charge in [-0.2, -0.15) is 5.26 Å². The van der Waals surface area contributed by atoms with Gasteiger partial charge in [-0.05, 0) is 30.2 Å². The number of aromatic nitrogens is 1. The Kier molecular flexibility index (Phi) is 5.06. The van der Waals surface area contributed by atoms with Gasteiger partial charge in [0.2, 0.25) is 0 Å². The van der Waals surface area contributed by atoms with Crippen molar-refractivity contribution >= 4 is 18.0 Å². The Hall–Kier alpha value is -3.43. The van der Waals surface area contributed by atoms with E-state index in [1.807, 2.05) is 30.3 Å². The molecule has 1 heterocycles. The van der Waals surface area contributed by atoms with Crippen LogP contribution in [0.25, 0.3) is 22.4 Å². The van der Waals surface area contributed by atoms with Crippen LogP contribution in [-0.4, -0.2) is 23.0 Å². The van der Waals surface area contributed by atoms with Crippen molar-refractivity contribution in [1.82, 2.24) is 4.98 Å². The van der Waals surface area contributed by atoms with Gasteiger partial charge < -0.3 is 14.8 Å². The number of carbonyl (C=O) groups is 1. The lowest BCUT2D eigenvalue weighted by Gasteiger charge is -2.16. The summed E-state index contributed by atoms with van der Waals surface area (Å²) in [6, 6.07) is 16.1. The van der Waals surface area contributed by atoms with Crippen LogP contribution in [0.15, 0.2) is 48.5 Å². The molecule has 0 fully saturated rings. The lowest BCUT2D eigenvalue weighted by molar-refractivity contribution is 0.101. The number of rotatable bonds is 4. The van der Waals surface area contributed by atoms with E-state index in [-0.39, 0.29) is 27.5 Å². The first-order valence-electron chi connectivity index (χ1n) is 8.12. The SMILES string of the molecule is COc1cc(-c2c(C(C)=O)c(-c3ccccc3)[nH]c(=S)c2C#N)ccc1O. The molecule has 0 aliphatic rings. The molecule has 1 aromatic heterocycles. The molecule has 0 amide bonds. The molecule has 2 N–H and O–H groups in total. The predicted molar refractivity (Wildman–Crippen MR) is 105 cm³/mol. The molecular weight excluding hydrogens is 360 g/mol. The number of H-pyrrole nitrogens is 1. The minimum Gasteiger partial charge on any atom is -0.504 e. The summed E-state index contributed by atoms with van der Waals surface area (Å²) >= 11 is 5.39. The molecule has 0 atom stereocenters. The second-order valence-corrected chi connectivity index (χ2v) is 6.28. The van der Waals surface area contributed by atoms with Crippen LogP contribution in [0.3, 0.4) is 0 Å². The Morgan fingerprint density at radius 2 is 1.89 bits per heavy atom. The summed E-state index contributed by atoms with van der Waals surface area (Å²) in [5, 5.41) is 19.6. The summed E-state index contributed by atoms with van der Waals surface area (Å²) < 4.78 is 5.41. The predicted octanol–water partition coefficient (Wildman–Crippen LogP) is 4.87. The molecule has 2 aromatic carbocycles. The van der Waals surface area contributed by atoms with Gasteiger partial charge in [0.05, 0.1) is 23.9 Å². The largest absolute Gasteiger partial charge is 0.504 e. The summed E-state index contributed by atoms with van der Waals surface area (Å²) in [6.45, 7) is 1.45. The number of nitriles is 1. The van der Waals surface area contributed by atoms with E-state index in [0.29, 0.717) is 22.4 Å². The van der Waals surface area contributed by atoms with Gasteiger partial charge in [0, 0.05) is 5.56 Å². The Bertz CT molecular complexity index is 1130. The third kappa shape index (κ3) is 3.33. The van der Waals surface area contributed by atoms with Crippen LogP contribution in [0.4, 0.5) is 0 Å². The fraction of sp³-hybridized carbons (Fsp3) is 0.0952. The third-order valence-electron chi connectivity index (χ3n) is 4.21. The quantitative estimate of drug-likeness (QED) is 0.501. The van der Waals surface area contributed by atoms with Gasteiger partial charge in [0.25, 0.3) is 0 Å². The number of ketones is 1. The molecule has 0 saturated heterocycles. The van der Waals surface area contributed by atoms with Crippen LogP contribution in [0.1, 0.15) is 22.8 Å². The molecular formula is C21H16N2O3S. The molecule has 3 rings (SSSR count). The van der Waals surface area contributed by atoms with Gasteiger partial charge in [-0.1, -0.05) is 48.6 Å². The summed E-state index contributed by atoms with van der Waals surface area (Å²) in [7, 11) is 1.43. The molecule has 0 aliphatic heterocycles. The first-order chi connectivity index (χ1) is 13.0. The van der Waals surface area contributed by atoms with Crippen molar-refractivity contribution in [2.24, 2.45) is 0 Å². The van der Waals surface area contributed by atoms with Crippen molar-refractivity contribution < 1.29 is 14.6 Å². The number of nitrogens with one attached hydrogen (secondary N) is 1. The molecule has 0 saturated carbocycles. The van der Waals surface area contributed by atoms with Crippen molar-refractivity contribution in [2.75, 3.05) is 7.11 Å². The molecule has 0 aliphatic carbocycles. The maximum atomic E-state index is 12.6. The number of carbonyl (C=O) groups excluding carboxylic acids is 1. The zero-order valence-electron chi connectivity index (χ0n) is 14.7. The van der Waals surface area contributed by atoms with Crippen molar-refractivity contribution in [1.29, 1.82) is 5.26 Å². The van der Waals surface area contributed by atoms with Crippen molar-refractivity contribution in [3.8, 4) is 40.0 Å².